The number of benzene rings is 3. The van der Waals surface area contributed by atoms with Crippen molar-refractivity contribution in [3.8, 4) is 5.75 Å². The number of quaternary nitrogens is 1. The fourth-order valence-electron chi connectivity index (χ4n) is 5.01. The fraction of sp³-hybridized carbons (Fsp3) is 0.267. The van der Waals surface area contributed by atoms with E-state index in [1.807, 2.05) is 30.3 Å². The molecule has 2 nitrogen and oxygen atoms in total. The Hall–Kier alpha value is -2.88. The molecule has 174 valence electrons. The first-order valence-electron chi connectivity index (χ1n) is 12.1. The second-order valence-electron chi connectivity index (χ2n) is 9.31. The number of allylic oxidation sites excluding steroid dienone is 2. The van der Waals surface area contributed by atoms with Crippen LogP contribution in [0.4, 0.5) is 4.39 Å². The van der Waals surface area contributed by atoms with Crippen molar-refractivity contribution in [1.29, 1.82) is 0 Å². The SMILES string of the molecule is Cc1ccc(C2=C(Cl)C(=CC[NH+]3CCCCC3)C(c3ccc(F)cc3)c3ccccc3O2)cc1. The number of fused-ring (bicyclic) bond motifs is 1. The summed E-state index contributed by atoms with van der Waals surface area (Å²) < 4.78 is 20.4. The Morgan fingerprint density at radius 1 is 0.941 bits per heavy atom. The molecule has 4 heteroatoms. The number of likely N-dealkylation sites (tertiary alicyclic amines) is 1. The number of nitrogens with one attached hydrogen (secondary N) is 1. The number of ether oxygens (including phenoxy) is 1. The fourth-order valence-corrected chi connectivity index (χ4v) is 5.35. The van der Waals surface area contributed by atoms with E-state index >= 15 is 0 Å². The van der Waals surface area contributed by atoms with Crippen molar-refractivity contribution in [2.75, 3.05) is 19.6 Å². The monoisotopic (exact) mass is 474 g/mol. The summed E-state index contributed by atoms with van der Waals surface area (Å²) in [7, 11) is 0. The summed E-state index contributed by atoms with van der Waals surface area (Å²) in [5.74, 6) is 1.06. The predicted molar refractivity (Wildman–Crippen MR) is 137 cm³/mol. The topological polar surface area (TPSA) is 13.7 Å². The van der Waals surface area contributed by atoms with Crippen molar-refractivity contribution < 1.29 is 14.0 Å². The molecule has 0 amide bonds. The van der Waals surface area contributed by atoms with Crippen LogP contribution in [0.2, 0.25) is 0 Å². The van der Waals surface area contributed by atoms with Gasteiger partial charge in [-0.2, -0.15) is 0 Å². The Labute approximate surface area is 206 Å². The second-order valence-corrected chi connectivity index (χ2v) is 9.69. The third-order valence-electron chi connectivity index (χ3n) is 6.89. The van der Waals surface area contributed by atoms with Gasteiger partial charge in [0.1, 0.15) is 11.6 Å². The van der Waals surface area contributed by atoms with E-state index in [4.69, 9.17) is 16.3 Å². The van der Waals surface area contributed by atoms with Crippen LogP contribution in [-0.4, -0.2) is 19.6 Å². The van der Waals surface area contributed by atoms with Crippen LogP contribution in [-0.2, 0) is 0 Å². The number of rotatable bonds is 4. The number of piperidine rings is 1. The zero-order chi connectivity index (χ0) is 23.5. The first-order chi connectivity index (χ1) is 16.6. The molecule has 0 radical (unpaired) electrons. The molecular formula is C30H30ClFNO+. The quantitative estimate of drug-likeness (QED) is 0.471. The van der Waals surface area contributed by atoms with Gasteiger partial charge in [-0.3, -0.25) is 0 Å². The lowest BCUT2D eigenvalue weighted by molar-refractivity contribution is -0.899. The number of halogens is 2. The number of para-hydroxylation sites is 1. The third kappa shape index (κ3) is 4.82. The third-order valence-corrected chi connectivity index (χ3v) is 7.28. The molecule has 0 saturated carbocycles. The summed E-state index contributed by atoms with van der Waals surface area (Å²) in [6.07, 6.45) is 6.14. The predicted octanol–water partition coefficient (Wildman–Crippen LogP) is 6.26. The van der Waals surface area contributed by atoms with E-state index in [9.17, 15) is 4.39 Å². The molecule has 0 bridgehead atoms. The van der Waals surface area contributed by atoms with Crippen molar-refractivity contribution in [1.82, 2.24) is 0 Å². The summed E-state index contributed by atoms with van der Waals surface area (Å²) in [6.45, 7) is 5.35. The van der Waals surface area contributed by atoms with Crippen molar-refractivity contribution in [3.05, 3.63) is 118 Å². The maximum atomic E-state index is 13.8. The van der Waals surface area contributed by atoms with Gasteiger partial charge in [0.25, 0.3) is 0 Å². The molecule has 3 aromatic carbocycles. The van der Waals surface area contributed by atoms with Crippen LogP contribution < -0.4 is 9.64 Å². The van der Waals surface area contributed by atoms with Crippen molar-refractivity contribution in [2.24, 2.45) is 0 Å². The van der Waals surface area contributed by atoms with Crippen molar-refractivity contribution in [3.63, 3.8) is 0 Å². The normalized spacial score (nSPS) is 20.1. The molecule has 34 heavy (non-hydrogen) atoms. The zero-order valence-electron chi connectivity index (χ0n) is 19.5. The average Bonchev–Trinajstić information content (AvgIpc) is 2.99. The highest BCUT2D eigenvalue weighted by molar-refractivity contribution is 6.35. The Balaban J connectivity index is 1.68. The maximum Gasteiger partial charge on any atom is 0.153 e. The van der Waals surface area contributed by atoms with Crippen molar-refractivity contribution >= 4 is 17.4 Å². The van der Waals surface area contributed by atoms with Gasteiger partial charge in [0, 0.05) is 17.0 Å². The first-order valence-corrected chi connectivity index (χ1v) is 12.5. The summed E-state index contributed by atoms with van der Waals surface area (Å²) in [6, 6.07) is 23.1. The second kappa shape index (κ2) is 10.2. The van der Waals surface area contributed by atoms with Gasteiger partial charge in [-0.1, -0.05) is 71.8 Å². The molecule has 2 aliphatic heterocycles. The molecule has 1 fully saturated rings. The van der Waals surface area contributed by atoms with Crippen LogP contribution in [0.15, 0.2) is 89.5 Å². The van der Waals surface area contributed by atoms with E-state index in [0.29, 0.717) is 10.8 Å². The molecule has 5 rings (SSSR count). The Bertz CT molecular complexity index is 1210. The van der Waals surface area contributed by atoms with Crippen molar-refractivity contribution in [2.45, 2.75) is 32.1 Å². The van der Waals surface area contributed by atoms with Crippen LogP contribution in [0.5, 0.6) is 5.75 Å². The molecule has 3 aromatic rings. The lowest BCUT2D eigenvalue weighted by Gasteiger charge is -2.24. The molecule has 1 N–H and O–H groups in total. The van der Waals surface area contributed by atoms with E-state index in [0.717, 1.165) is 34.6 Å². The van der Waals surface area contributed by atoms with Gasteiger partial charge in [0.05, 0.1) is 24.7 Å². The maximum absolute atomic E-state index is 13.8. The van der Waals surface area contributed by atoms with Crippen LogP contribution in [0.1, 0.15) is 47.4 Å². The van der Waals surface area contributed by atoms with E-state index in [1.165, 1.54) is 50.0 Å². The standard InChI is InChI=1S/C30H29ClFNO/c1-21-9-11-23(12-10-21)30-29(31)26(17-20-33-18-5-2-6-19-33)28(22-13-15-24(32)16-14-22)25-7-3-4-8-27(25)34-30/h3-4,7-17,28H,2,5-6,18-20H2,1H3/p+1. The van der Waals surface area contributed by atoms with Crippen LogP contribution in [0.25, 0.3) is 5.76 Å². The largest absolute Gasteiger partial charge is 0.455 e. The van der Waals surface area contributed by atoms with E-state index in [1.54, 1.807) is 4.90 Å². The minimum absolute atomic E-state index is 0.142. The molecule has 1 unspecified atom stereocenters. The van der Waals surface area contributed by atoms with Crippen LogP contribution in [0.3, 0.4) is 0 Å². The minimum atomic E-state index is -0.243. The lowest BCUT2D eigenvalue weighted by Crippen LogP contribution is -3.12. The summed E-state index contributed by atoms with van der Waals surface area (Å²) in [4.78, 5) is 1.58. The molecule has 2 aliphatic rings. The van der Waals surface area contributed by atoms with Gasteiger partial charge >= 0.3 is 0 Å². The minimum Gasteiger partial charge on any atom is -0.455 e. The summed E-state index contributed by atoms with van der Waals surface area (Å²) in [5.41, 5.74) is 5.19. The molecule has 0 aliphatic carbocycles. The highest BCUT2D eigenvalue weighted by Crippen LogP contribution is 2.47. The smallest absolute Gasteiger partial charge is 0.153 e. The Morgan fingerprint density at radius 3 is 2.38 bits per heavy atom. The van der Waals surface area contributed by atoms with Gasteiger partial charge in [0.2, 0.25) is 0 Å². The van der Waals surface area contributed by atoms with Gasteiger partial charge in [-0.15, -0.1) is 0 Å². The zero-order valence-corrected chi connectivity index (χ0v) is 20.2. The lowest BCUT2D eigenvalue weighted by atomic mass is 9.83. The van der Waals surface area contributed by atoms with Gasteiger partial charge in [-0.05, 0) is 61.6 Å². The van der Waals surface area contributed by atoms with Crippen LogP contribution in [0, 0.1) is 12.7 Å². The highest BCUT2D eigenvalue weighted by atomic mass is 35.5. The molecule has 2 heterocycles. The number of aryl methyl sites for hydroxylation is 1. The van der Waals surface area contributed by atoms with Gasteiger partial charge in [0.15, 0.2) is 5.76 Å². The molecule has 1 saturated heterocycles. The average molecular weight is 475 g/mol. The summed E-state index contributed by atoms with van der Waals surface area (Å²) >= 11 is 7.21. The Kier molecular flexibility index (Phi) is 6.85. The number of hydrogen-bond donors (Lipinski definition) is 1. The Morgan fingerprint density at radius 2 is 1.65 bits per heavy atom. The van der Waals surface area contributed by atoms with Gasteiger partial charge < -0.3 is 9.64 Å². The molecule has 0 aromatic heterocycles. The van der Waals surface area contributed by atoms with E-state index in [2.05, 4.69) is 43.3 Å². The first kappa shape index (κ1) is 22.9. The summed E-state index contributed by atoms with van der Waals surface area (Å²) in [5, 5.41) is 0.616. The van der Waals surface area contributed by atoms with Gasteiger partial charge in [-0.25, -0.2) is 4.39 Å². The molecule has 1 atom stereocenters. The molecular weight excluding hydrogens is 445 g/mol. The van der Waals surface area contributed by atoms with E-state index in [-0.39, 0.29) is 11.7 Å². The molecule has 0 spiro atoms. The van der Waals surface area contributed by atoms with E-state index < -0.39 is 0 Å². The van der Waals surface area contributed by atoms with Crippen LogP contribution >= 0.6 is 11.6 Å². The highest BCUT2D eigenvalue weighted by Gasteiger charge is 2.31. The number of hydrogen-bond acceptors (Lipinski definition) is 1.